The molecular weight excluding hydrogens is 379 g/mol. The maximum Gasteiger partial charge on any atom is 0.262 e. The average Bonchev–Trinajstić information content (AvgIpc) is 2.60. The van der Waals surface area contributed by atoms with Gasteiger partial charge in [-0.2, -0.15) is 0 Å². The first kappa shape index (κ1) is 20.3. The average molecular weight is 405 g/mol. The predicted molar refractivity (Wildman–Crippen MR) is 107 cm³/mol. The number of para-hydroxylation sites is 1. The first-order valence-corrected chi connectivity index (χ1v) is 10.8. The molecule has 0 bridgehead atoms. The number of benzene rings is 2. The van der Waals surface area contributed by atoms with E-state index in [0.29, 0.717) is 36.1 Å². The number of aryl methyl sites for hydroxylation is 1. The highest BCUT2D eigenvalue weighted by atomic mass is 32.2. The van der Waals surface area contributed by atoms with Crippen molar-refractivity contribution in [3.63, 3.8) is 0 Å². The minimum Gasteiger partial charge on any atom is -0.338 e. The van der Waals surface area contributed by atoms with Gasteiger partial charge in [-0.15, -0.1) is 0 Å². The number of carbonyl (C=O) groups excluding carboxylic acids is 1. The number of halogens is 1. The van der Waals surface area contributed by atoms with Gasteiger partial charge < -0.3 is 4.90 Å². The van der Waals surface area contributed by atoms with Crippen molar-refractivity contribution in [1.29, 1.82) is 0 Å². The van der Waals surface area contributed by atoms with Crippen LogP contribution in [0, 0.1) is 24.6 Å². The monoisotopic (exact) mass is 404 g/mol. The summed E-state index contributed by atoms with van der Waals surface area (Å²) < 4.78 is 41.5. The molecule has 0 aliphatic carbocycles. The Hall–Kier alpha value is -2.41. The molecule has 28 heavy (non-hydrogen) atoms. The molecule has 1 amide bonds. The van der Waals surface area contributed by atoms with Gasteiger partial charge in [0.25, 0.3) is 15.9 Å². The molecule has 3 rings (SSSR count). The van der Waals surface area contributed by atoms with Gasteiger partial charge in [0, 0.05) is 13.1 Å². The van der Waals surface area contributed by atoms with E-state index in [4.69, 9.17) is 0 Å². The number of hydrogen-bond donors (Lipinski definition) is 1. The van der Waals surface area contributed by atoms with Crippen LogP contribution in [-0.4, -0.2) is 32.3 Å². The summed E-state index contributed by atoms with van der Waals surface area (Å²) in [6.07, 6.45) is 1.07. The second-order valence-corrected chi connectivity index (χ2v) is 9.37. The van der Waals surface area contributed by atoms with E-state index in [0.717, 1.165) is 12.5 Å². The van der Waals surface area contributed by atoms with Gasteiger partial charge in [-0.3, -0.25) is 9.52 Å². The summed E-state index contributed by atoms with van der Waals surface area (Å²) in [5.41, 5.74) is 0.837. The van der Waals surface area contributed by atoms with Gasteiger partial charge in [-0.1, -0.05) is 26.0 Å². The van der Waals surface area contributed by atoms with Crippen molar-refractivity contribution < 1.29 is 17.6 Å². The van der Waals surface area contributed by atoms with Gasteiger partial charge in [-0.25, -0.2) is 12.8 Å². The molecule has 1 fully saturated rings. The van der Waals surface area contributed by atoms with Crippen LogP contribution < -0.4 is 4.72 Å². The molecule has 0 radical (unpaired) electrons. The third-order valence-corrected chi connectivity index (χ3v) is 6.51. The predicted octanol–water partition coefficient (Wildman–Crippen LogP) is 4.05. The third kappa shape index (κ3) is 4.35. The number of rotatable bonds is 4. The van der Waals surface area contributed by atoms with E-state index in [-0.39, 0.29) is 16.5 Å². The smallest absolute Gasteiger partial charge is 0.262 e. The minimum absolute atomic E-state index is 0.0173. The summed E-state index contributed by atoms with van der Waals surface area (Å²) in [5, 5.41) is 0. The second kappa shape index (κ2) is 7.91. The Morgan fingerprint density at radius 1 is 1.11 bits per heavy atom. The summed E-state index contributed by atoms with van der Waals surface area (Å²) in [6, 6.07) is 10.1. The van der Waals surface area contributed by atoms with Gasteiger partial charge in [0.15, 0.2) is 0 Å². The number of anilines is 1. The van der Waals surface area contributed by atoms with Crippen LogP contribution in [0.4, 0.5) is 10.1 Å². The fraction of sp³-hybridized carbons (Fsp3) is 0.381. The number of carbonyl (C=O) groups is 1. The van der Waals surface area contributed by atoms with Gasteiger partial charge in [0.1, 0.15) is 5.82 Å². The number of likely N-dealkylation sites (tertiary alicyclic amines) is 1. The number of nitrogens with zero attached hydrogens (tertiary/aromatic N) is 1. The van der Waals surface area contributed by atoms with E-state index in [2.05, 4.69) is 18.6 Å². The molecule has 7 heteroatoms. The van der Waals surface area contributed by atoms with Crippen LogP contribution in [0.5, 0.6) is 0 Å². The van der Waals surface area contributed by atoms with E-state index < -0.39 is 15.8 Å². The van der Waals surface area contributed by atoms with Gasteiger partial charge >= 0.3 is 0 Å². The maximum absolute atomic E-state index is 13.3. The molecule has 1 saturated heterocycles. The Morgan fingerprint density at radius 3 is 2.39 bits per heavy atom. The number of amides is 1. The lowest BCUT2D eigenvalue weighted by molar-refractivity contribution is 0.0624. The molecule has 0 unspecified atom stereocenters. The van der Waals surface area contributed by atoms with Crippen LogP contribution in [0.3, 0.4) is 0 Å². The number of nitrogens with one attached hydrogen (secondary N) is 1. The van der Waals surface area contributed by atoms with Crippen LogP contribution in [-0.2, 0) is 10.0 Å². The van der Waals surface area contributed by atoms with E-state index in [1.165, 1.54) is 19.1 Å². The van der Waals surface area contributed by atoms with Crippen molar-refractivity contribution in [3.8, 4) is 0 Å². The zero-order chi connectivity index (χ0) is 20.5. The van der Waals surface area contributed by atoms with Gasteiger partial charge in [-0.05, 0) is 61.1 Å². The summed E-state index contributed by atoms with van der Waals surface area (Å²) >= 11 is 0. The normalized spacial score (nSPS) is 20.1. The van der Waals surface area contributed by atoms with Crippen LogP contribution in [0.2, 0.25) is 0 Å². The van der Waals surface area contributed by atoms with E-state index in [1.54, 1.807) is 29.2 Å². The molecular formula is C21H25FN2O3S. The topological polar surface area (TPSA) is 66.5 Å². The van der Waals surface area contributed by atoms with E-state index in [1.807, 2.05) is 0 Å². The molecule has 1 heterocycles. The Labute approximate surface area is 165 Å². The number of hydrogen-bond acceptors (Lipinski definition) is 3. The van der Waals surface area contributed by atoms with Crippen molar-refractivity contribution in [2.24, 2.45) is 11.8 Å². The van der Waals surface area contributed by atoms with Crippen LogP contribution in [0.25, 0.3) is 0 Å². The zero-order valence-corrected chi connectivity index (χ0v) is 17.1. The molecule has 150 valence electrons. The first-order valence-electron chi connectivity index (χ1n) is 9.34. The van der Waals surface area contributed by atoms with Crippen molar-refractivity contribution in [2.75, 3.05) is 17.8 Å². The van der Waals surface area contributed by atoms with Crippen molar-refractivity contribution in [3.05, 3.63) is 59.4 Å². The Balaban J connectivity index is 1.91. The Kier molecular flexibility index (Phi) is 5.74. The quantitative estimate of drug-likeness (QED) is 0.836. The van der Waals surface area contributed by atoms with Crippen molar-refractivity contribution in [1.82, 2.24) is 4.90 Å². The number of piperidine rings is 1. The highest BCUT2D eigenvalue weighted by Gasteiger charge is 2.28. The summed E-state index contributed by atoms with van der Waals surface area (Å²) in [7, 11) is -3.96. The fourth-order valence-electron chi connectivity index (χ4n) is 3.87. The molecule has 1 aliphatic heterocycles. The molecule has 0 saturated carbocycles. The fourth-order valence-corrected chi connectivity index (χ4v) is 5.18. The maximum atomic E-state index is 13.3. The molecule has 0 aromatic heterocycles. The second-order valence-electron chi connectivity index (χ2n) is 7.72. The lowest BCUT2D eigenvalue weighted by Gasteiger charge is -2.35. The standard InChI is InChI=1S/C21H25FN2O3S/c1-14-10-15(2)13-24(12-14)21(25)18-6-4-5-7-19(18)23-28(26,27)20-9-8-17(22)11-16(20)3/h4-9,11,14-15,23H,10,12-13H2,1-3H3/t14-,15+. The van der Waals surface area contributed by atoms with E-state index >= 15 is 0 Å². The van der Waals surface area contributed by atoms with Crippen molar-refractivity contribution >= 4 is 21.6 Å². The van der Waals surface area contributed by atoms with Crippen LogP contribution in [0.1, 0.15) is 36.2 Å². The SMILES string of the molecule is Cc1cc(F)ccc1S(=O)(=O)Nc1ccccc1C(=O)N1C[C@H](C)C[C@H](C)C1. The molecule has 1 aliphatic rings. The van der Waals surface area contributed by atoms with Gasteiger partial charge in [0.2, 0.25) is 0 Å². The molecule has 2 aromatic rings. The molecule has 2 aromatic carbocycles. The van der Waals surface area contributed by atoms with E-state index in [9.17, 15) is 17.6 Å². The molecule has 5 nitrogen and oxygen atoms in total. The Morgan fingerprint density at radius 2 is 1.75 bits per heavy atom. The lowest BCUT2D eigenvalue weighted by atomic mass is 9.91. The summed E-state index contributed by atoms with van der Waals surface area (Å²) in [5.74, 6) is 0.115. The minimum atomic E-state index is -3.96. The molecule has 1 N–H and O–H groups in total. The highest BCUT2D eigenvalue weighted by Crippen LogP contribution is 2.27. The third-order valence-electron chi connectivity index (χ3n) is 4.98. The number of sulfonamides is 1. The largest absolute Gasteiger partial charge is 0.338 e. The Bertz CT molecular complexity index is 981. The highest BCUT2D eigenvalue weighted by molar-refractivity contribution is 7.92. The molecule has 2 atom stereocenters. The first-order chi connectivity index (χ1) is 13.2. The lowest BCUT2D eigenvalue weighted by Crippen LogP contribution is -2.42. The van der Waals surface area contributed by atoms with Crippen molar-refractivity contribution in [2.45, 2.75) is 32.1 Å². The zero-order valence-electron chi connectivity index (χ0n) is 16.3. The van der Waals surface area contributed by atoms with Crippen LogP contribution >= 0.6 is 0 Å². The summed E-state index contributed by atoms with van der Waals surface area (Å²) in [4.78, 5) is 14.9. The molecule has 0 spiro atoms. The van der Waals surface area contributed by atoms with Gasteiger partial charge in [0.05, 0.1) is 16.1 Å². The summed E-state index contributed by atoms with van der Waals surface area (Å²) in [6.45, 7) is 7.07. The van der Waals surface area contributed by atoms with Crippen LogP contribution in [0.15, 0.2) is 47.4 Å².